The molecule has 0 radical (unpaired) electrons. The Labute approximate surface area is 182 Å². The molecule has 0 aliphatic heterocycles. The highest BCUT2D eigenvalue weighted by Gasteiger charge is 2.16. The predicted octanol–water partition coefficient (Wildman–Crippen LogP) is 5.88. The van der Waals surface area contributed by atoms with Gasteiger partial charge in [0, 0.05) is 22.3 Å². The van der Waals surface area contributed by atoms with Gasteiger partial charge in [0.2, 0.25) is 0 Å². The minimum absolute atomic E-state index is 0. The molecular formula is C22H24Cl2N4O. The van der Waals surface area contributed by atoms with Crippen molar-refractivity contribution >= 4 is 46.3 Å². The minimum Gasteiger partial charge on any atom is -0.390 e. The van der Waals surface area contributed by atoms with Gasteiger partial charge < -0.3 is 10.4 Å². The van der Waals surface area contributed by atoms with Crippen LogP contribution < -0.4 is 5.32 Å². The van der Waals surface area contributed by atoms with Crippen LogP contribution in [0.1, 0.15) is 37.1 Å². The summed E-state index contributed by atoms with van der Waals surface area (Å²) in [5.41, 5.74) is 2.67. The third-order valence-corrected chi connectivity index (χ3v) is 5.05. The van der Waals surface area contributed by atoms with Crippen molar-refractivity contribution in [3.8, 4) is 0 Å². The molecule has 0 saturated heterocycles. The topological polar surface area (TPSA) is 62.4 Å². The summed E-state index contributed by atoms with van der Waals surface area (Å²) in [4.78, 5) is 3.53. The van der Waals surface area contributed by atoms with Gasteiger partial charge >= 0.3 is 0 Å². The van der Waals surface area contributed by atoms with Crippen molar-refractivity contribution in [3.05, 3.63) is 69.7 Å². The summed E-state index contributed by atoms with van der Waals surface area (Å²) >= 11 is 6.21. The summed E-state index contributed by atoms with van der Waals surface area (Å²) in [5, 5.41) is 24.6. The van der Waals surface area contributed by atoms with Crippen LogP contribution >= 0.6 is 24.0 Å². The molecule has 1 heterocycles. The van der Waals surface area contributed by atoms with E-state index in [2.05, 4.69) is 20.4 Å². The second-order valence-corrected chi connectivity index (χ2v) is 7.99. The highest BCUT2D eigenvalue weighted by atomic mass is 35.5. The van der Waals surface area contributed by atoms with Crippen LogP contribution in [0.2, 0.25) is 5.02 Å². The van der Waals surface area contributed by atoms with Gasteiger partial charge in [-0.15, -0.1) is 17.5 Å². The second kappa shape index (κ2) is 9.41. The van der Waals surface area contributed by atoms with E-state index in [4.69, 9.17) is 18.2 Å². The van der Waals surface area contributed by atoms with Gasteiger partial charge in [0.05, 0.1) is 17.9 Å². The normalized spacial score (nSPS) is 11.0. The number of aromatic nitrogens is 2. The van der Waals surface area contributed by atoms with Crippen molar-refractivity contribution < 1.29 is 5.11 Å². The number of hydrogen-bond donors (Lipinski definition) is 2. The maximum Gasteiger partial charge on any atom is 0.188 e. The van der Waals surface area contributed by atoms with Crippen molar-refractivity contribution in [3.63, 3.8) is 0 Å². The monoisotopic (exact) mass is 430 g/mol. The molecule has 0 unspecified atom stereocenters. The van der Waals surface area contributed by atoms with Crippen LogP contribution in [0.25, 0.3) is 15.6 Å². The van der Waals surface area contributed by atoms with E-state index in [1.165, 1.54) is 0 Å². The van der Waals surface area contributed by atoms with Crippen molar-refractivity contribution in [2.24, 2.45) is 0 Å². The molecule has 0 fully saturated rings. The largest absolute Gasteiger partial charge is 0.390 e. The summed E-state index contributed by atoms with van der Waals surface area (Å²) in [7, 11) is 0. The first-order valence-corrected chi connectivity index (χ1v) is 9.53. The predicted molar refractivity (Wildman–Crippen MR) is 121 cm³/mol. The van der Waals surface area contributed by atoms with E-state index >= 15 is 0 Å². The Bertz CT molecular complexity index is 1060. The van der Waals surface area contributed by atoms with Crippen LogP contribution in [-0.2, 0) is 13.0 Å². The van der Waals surface area contributed by atoms with Crippen LogP contribution in [0, 0.1) is 13.5 Å². The molecule has 0 amide bonds. The van der Waals surface area contributed by atoms with E-state index in [1.54, 1.807) is 19.9 Å². The molecule has 0 aliphatic carbocycles. The van der Waals surface area contributed by atoms with Crippen molar-refractivity contribution in [1.82, 2.24) is 10.2 Å². The molecule has 152 valence electrons. The van der Waals surface area contributed by atoms with Gasteiger partial charge in [-0.2, -0.15) is 5.10 Å². The van der Waals surface area contributed by atoms with Crippen LogP contribution in [0.4, 0.5) is 11.5 Å². The Hall–Kier alpha value is -2.39. The SMILES string of the molecule is Cl.[C-]#[N+]c1ccc2c(CCC(C)(C)O)nnc(NCc3ccc(C)c(Cl)c3)c2c1. The zero-order chi connectivity index (χ0) is 20.3. The number of benzene rings is 2. The van der Waals surface area contributed by atoms with Crippen molar-refractivity contribution in [2.45, 2.75) is 45.8 Å². The van der Waals surface area contributed by atoms with Crippen LogP contribution in [0.3, 0.4) is 0 Å². The smallest absolute Gasteiger partial charge is 0.188 e. The summed E-state index contributed by atoms with van der Waals surface area (Å²) in [6, 6.07) is 11.5. The number of fused-ring (bicyclic) bond motifs is 1. The van der Waals surface area contributed by atoms with Gasteiger partial charge in [0.15, 0.2) is 11.5 Å². The molecule has 2 N–H and O–H groups in total. The Kier molecular flexibility index (Phi) is 7.43. The first-order chi connectivity index (χ1) is 13.3. The first-order valence-electron chi connectivity index (χ1n) is 9.15. The lowest BCUT2D eigenvalue weighted by molar-refractivity contribution is 0.0712. The standard InChI is InChI=1S/C22H23ClN4O.ClH/c1-14-5-6-15(11-19(14)23)13-25-21-18-12-16(24-4)7-8-17(18)20(26-27-21)9-10-22(2,3)28;/h5-8,11-12,28H,9-10,13H2,1-3H3,(H,25,27);1H. The zero-order valence-electron chi connectivity index (χ0n) is 16.7. The first kappa shape index (κ1) is 22.9. The Morgan fingerprint density at radius 1 is 1.14 bits per heavy atom. The van der Waals surface area contributed by atoms with Crippen molar-refractivity contribution in [1.29, 1.82) is 0 Å². The number of aliphatic hydroxyl groups is 1. The fourth-order valence-electron chi connectivity index (χ4n) is 2.94. The average Bonchev–Trinajstić information content (AvgIpc) is 2.66. The third kappa shape index (κ3) is 5.80. The Balaban J connectivity index is 0.00000300. The maximum absolute atomic E-state index is 10.0. The number of nitrogens with one attached hydrogen (secondary N) is 1. The Morgan fingerprint density at radius 2 is 1.90 bits per heavy atom. The summed E-state index contributed by atoms with van der Waals surface area (Å²) in [6.07, 6.45) is 1.19. The van der Waals surface area contributed by atoms with E-state index < -0.39 is 5.60 Å². The number of nitrogens with zero attached hydrogens (tertiary/aromatic N) is 3. The van der Waals surface area contributed by atoms with Crippen molar-refractivity contribution in [2.75, 3.05) is 5.32 Å². The van der Waals surface area contributed by atoms with Gasteiger partial charge in [-0.1, -0.05) is 35.9 Å². The molecule has 1 aromatic heterocycles. The van der Waals surface area contributed by atoms with Gasteiger partial charge in [0.25, 0.3) is 0 Å². The number of hydrogen-bond acceptors (Lipinski definition) is 4. The lowest BCUT2D eigenvalue weighted by Gasteiger charge is -2.17. The van der Waals surface area contributed by atoms with E-state index in [1.807, 2.05) is 37.3 Å². The van der Waals surface area contributed by atoms with E-state index in [0.29, 0.717) is 30.9 Å². The Morgan fingerprint density at radius 3 is 2.55 bits per heavy atom. The molecule has 0 spiro atoms. The molecule has 0 bridgehead atoms. The van der Waals surface area contributed by atoms with Crippen LogP contribution in [0.5, 0.6) is 0 Å². The maximum atomic E-state index is 10.0. The summed E-state index contributed by atoms with van der Waals surface area (Å²) < 4.78 is 0. The number of aryl methyl sites for hydroxylation is 2. The highest BCUT2D eigenvalue weighted by molar-refractivity contribution is 6.31. The number of rotatable bonds is 6. The fourth-order valence-corrected chi connectivity index (χ4v) is 3.14. The van der Waals surface area contributed by atoms with Crippen LogP contribution in [-0.4, -0.2) is 20.9 Å². The summed E-state index contributed by atoms with van der Waals surface area (Å²) in [5.74, 6) is 0.629. The van der Waals surface area contributed by atoms with Gasteiger partial charge in [-0.3, -0.25) is 0 Å². The second-order valence-electron chi connectivity index (χ2n) is 7.59. The van der Waals surface area contributed by atoms with E-state index in [9.17, 15) is 5.11 Å². The highest BCUT2D eigenvalue weighted by Crippen LogP contribution is 2.29. The molecule has 0 aliphatic rings. The minimum atomic E-state index is -0.772. The molecule has 7 heteroatoms. The molecule has 0 atom stereocenters. The average molecular weight is 431 g/mol. The molecule has 3 rings (SSSR count). The molecular weight excluding hydrogens is 407 g/mol. The van der Waals surface area contributed by atoms with Crippen LogP contribution in [0.15, 0.2) is 36.4 Å². The number of anilines is 1. The molecule has 2 aromatic carbocycles. The molecule has 3 aromatic rings. The quantitative estimate of drug-likeness (QED) is 0.479. The molecule has 0 saturated carbocycles. The molecule has 5 nitrogen and oxygen atoms in total. The summed E-state index contributed by atoms with van der Waals surface area (Å²) in [6.45, 7) is 13.4. The fraction of sp³-hybridized carbons (Fsp3) is 0.318. The van der Waals surface area contributed by atoms with Gasteiger partial charge in [-0.05, 0) is 56.9 Å². The lowest BCUT2D eigenvalue weighted by Crippen LogP contribution is -2.19. The number of halogens is 2. The van der Waals surface area contributed by atoms with Gasteiger partial charge in [0.1, 0.15) is 0 Å². The van der Waals surface area contributed by atoms with E-state index in [-0.39, 0.29) is 12.4 Å². The van der Waals surface area contributed by atoms with E-state index in [0.717, 1.165) is 32.6 Å². The van der Waals surface area contributed by atoms with Gasteiger partial charge in [-0.25, -0.2) is 4.85 Å². The zero-order valence-corrected chi connectivity index (χ0v) is 18.2. The lowest BCUT2D eigenvalue weighted by atomic mass is 9.99. The molecule has 29 heavy (non-hydrogen) atoms. The third-order valence-electron chi connectivity index (χ3n) is 4.64.